The molecule has 0 aromatic heterocycles. The van der Waals surface area contributed by atoms with Crippen LogP contribution in [0.4, 0.5) is 0 Å². The first-order chi connectivity index (χ1) is 9.93. The van der Waals surface area contributed by atoms with Crippen molar-refractivity contribution >= 4 is 0 Å². The third-order valence-corrected chi connectivity index (χ3v) is 3.09. The van der Waals surface area contributed by atoms with Crippen LogP contribution in [0.25, 0.3) is 0 Å². The molecule has 2 aromatic rings. The molecule has 1 aliphatic heterocycles. The Bertz CT molecular complexity index is 557. The van der Waals surface area contributed by atoms with E-state index in [0.29, 0.717) is 26.4 Å². The van der Waals surface area contributed by atoms with Gasteiger partial charge in [-0.25, -0.2) is 0 Å². The third-order valence-electron chi connectivity index (χ3n) is 3.09. The average Bonchev–Trinajstić information content (AvgIpc) is 2.53. The fourth-order valence-corrected chi connectivity index (χ4v) is 2.11. The lowest BCUT2D eigenvalue weighted by atomic mass is 10.2. The van der Waals surface area contributed by atoms with Gasteiger partial charge in [-0.15, -0.1) is 0 Å². The largest absolute Gasteiger partial charge is 0.486 e. The van der Waals surface area contributed by atoms with Gasteiger partial charge >= 0.3 is 0 Å². The number of nitrogens with one attached hydrogen (secondary N) is 1. The summed E-state index contributed by atoms with van der Waals surface area (Å²) in [5.74, 6) is 1.62. The molecule has 104 valence electrons. The van der Waals surface area contributed by atoms with Crippen molar-refractivity contribution in [3.63, 3.8) is 0 Å². The van der Waals surface area contributed by atoms with Gasteiger partial charge in [-0.3, -0.25) is 4.84 Å². The van der Waals surface area contributed by atoms with E-state index in [9.17, 15) is 0 Å². The lowest BCUT2D eigenvalue weighted by Crippen LogP contribution is -2.19. The number of fused-ring (bicyclic) bond motifs is 1. The summed E-state index contributed by atoms with van der Waals surface area (Å²) in [5.41, 5.74) is 5.14. The van der Waals surface area contributed by atoms with E-state index in [0.717, 1.165) is 22.6 Å². The number of hydroxylamine groups is 1. The highest BCUT2D eigenvalue weighted by molar-refractivity contribution is 5.47. The molecule has 0 atom stereocenters. The van der Waals surface area contributed by atoms with E-state index in [-0.39, 0.29) is 0 Å². The molecule has 1 N–H and O–H groups in total. The Labute approximate surface area is 118 Å². The maximum Gasteiger partial charge on any atom is 0.165 e. The molecule has 0 spiro atoms. The molecule has 0 unspecified atom stereocenters. The Kier molecular flexibility index (Phi) is 4.16. The van der Waals surface area contributed by atoms with E-state index < -0.39 is 0 Å². The van der Waals surface area contributed by atoms with Crippen LogP contribution in [0.15, 0.2) is 48.5 Å². The molecule has 20 heavy (non-hydrogen) atoms. The molecule has 0 saturated carbocycles. The van der Waals surface area contributed by atoms with Crippen molar-refractivity contribution in [2.24, 2.45) is 0 Å². The van der Waals surface area contributed by atoms with Crippen LogP contribution in [0.1, 0.15) is 11.1 Å². The summed E-state index contributed by atoms with van der Waals surface area (Å²) in [6, 6.07) is 15.9. The lowest BCUT2D eigenvalue weighted by Gasteiger charge is -2.21. The molecule has 0 amide bonds. The first kappa shape index (κ1) is 13.0. The summed E-state index contributed by atoms with van der Waals surface area (Å²) < 4.78 is 11.2. The van der Waals surface area contributed by atoms with Crippen LogP contribution in [-0.4, -0.2) is 13.2 Å². The highest BCUT2D eigenvalue weighted by atomic mass is 16.6. The second-order valence-corrected chi connectivity index (χ2v) is 4.54. The van der Waals surface area contributed by atoms with E-state index >= 15 is 0 Å². The number of rotatable bonds is 5. The van der Waals surface area contributed by atoms with Gasteiger partial charge in [-0.2, -0.15) is 5.48 Å². The molecule has 0 bridgehead atoms. The highest BCUT2D eigenvalue weighted by Crippen LogP contribution is 2.33. The molecule has 2 aromatic carbocycles. The first-order valence-corrected chi connectivity index (χ1v) is 6.69. The van der Waals surface area contributed by atoms with Crippen molar-refractivity contribution in [2.75, 3.05) is 13.2 Å². The monoisotopic (exact) mass is 271 g/mol. The molecule has 0 aliphatic carbocycles. The van der Waals surface area contributed by atoms with E-state index in [1.54, 1.807) is 0 Å². The minimum Gasteiger partial charge on any atom is -0.486 e. The molecule has 0 radical (unpaired) electrons. The Morgan fingerprint density at radius 2 is 1.80 bits per heavy atom. The summed E-state index contributed by atoms with van der Waals surface area (Å²) in [7, 11) is 0. The smallest absolute Gasteiger partial charge is 0.165 e. The number of hydrogen-bond donors (Lipinski definition) is 1. The number of benzene rings is 2. The van der Waals surface area contributed by atoms with Crippen LogP contribution in [0.5, 0.6) is 11.5 Å². The van der Waals surface area contributed by atoms with Crippen LogP contribution in [0.2, 0.25) is 0 Å². The van der Waals surface area contributed by atoms with Crippen molar-refractivity contribution in [2.45, 2.75) is 13.2 Å². The van der Waals surface area contributed by atoms with Gasteiger partial charge in [0.2, 0.25) is 0 Å². The van der Waals surface area contributed by atoms with E-state index in [4.69, 9.17) is 14.3 Å². The fourth-order valence-electron chi connectivity index (χ4n) is 2.11. The number of hydrogen-bond acceptors (Lipinski definition) is 4. The summed E-state index contributed by atoms with van der Waals surface area (Å²) in [6.07, 6.45) is 0. The van der Waals surface area contributed by atoms with Gasteiger partial charge < -0.3 is 9.47 Å². The predicted molar refractivity (Wildman–Crippen MR) is 75.5 cm³/mol. The van der Waals surface area contributed by atoms with Crippen molar-refractivity contribution < 1.29 is 14.3 Å². The molecule has 4 nitrogen and oxygen atoms in total. The Balaban J connectivity index is 1.54. The van der Waals surface area contributed by atoms with E-state index in [1.165, 1.54) is 0 Å². The molecular formula is C16H17NO3. The quantitative estimate of drug-likeness (QED) is 0.670. The van der Waals surface area contributed by atoms with Gasteiger partial charge in [0.1, 0.15) is 13.2 Å². The van der Waals surface area contributed by atoms with Gasteiger partial charge in [-0.05, 0) is 11.6 Å². The summed E-state index contributed by atoms with van der Waals surface area (Å²) in [5, 5.41) is 0. The van der Waals surface area contributed by atoms with E-state index in [2.05, 4.69) is 5.48 Å². The third kappa shape index (κ3) is 3.10. The Morgan fingerprint density at radius 3 is 2.70 bits per heavy atom. The zero-order chi connectivity index (χ0) is 13.6. The molecule has 4 heteroatoms. The van der Waals surface area contributed by atoms with E-state index in [1.807, 2.05) is 48.5 Å². The standard InChI is InChI=1S/C16H17NO3/c1-2-5-13(6-3-1)12-20-17-11-14-7-4-8-15-16(14)19-10-9-18-15/h1-8,17H,9-12H2. The van der Waals surface area contributed by atoms with Crippen LogP contribution >= 0.6 is 0 Å². The first-order valence-electron chi connectivity index (χ1n) is 6.69. The summed E-state index contributed by atoms with van der Waals surface area (Å²) >= 11 is 0. The second kappa shape index (κ2) is 6.41. The van der Waals surface area contributed by atoms with Gasteiger partial charge in [0.25, 0.3) is 0 Å². The SMILES string of the molecule is c1ccc(CONCc2cccc3c2OCCO3)cc1. The zero-order valence-electron chi connectivity index (χ0n) is 11.2. The summed E-state index contributed by atoms with van der Waals surface area (Å²) in [4.78, 5) is 5.47. The normalized spacial score (nSPS) is 13.2. The highest BCUT2D eigenvalue weighted by Gasteiger charge is 2.14. The number of ether oxygens (including phenoxy) is 2. The minimum atomic E-state index is 0.535. The van der Waals surface area contributed by atoms with Gasteiger partial charge in [-0.1, -0.05) is 42.5 Å². The average molecular weight is 271 g/mol. The maximum atomic E-state index is 5.65. The van der Waals surface area contributed by atoms with Crippen LogP contribution in [-0.2, 0) is 18.0 Å². The summed E-state index contributed by atoms with van der Waals surface area (Å²) in [6.45, 7) is 2.32. The molecule has 1 heterocycles. The van der Waals surface area contributed by atoms with Crippen LogP contribution in [0, 0.1) is 0 Å². The van der Waals surface area contributed by atoms with Crippen molar-refractivity contribution in [3.8, 4) is 11.5 Å². The molecule has 1 aliphatic rings. The minimum absolute atomic E-state index is 0.535. The Hall–Kier alpha value is -2.04. The lowest BCUT2D eigenvalue weighted by molar-refractivity contribution is 0.0227. The van der Waals surface area contributed by atoms with Crippen molar-refractivity contribution in [3.05, 3.63) is 59.7 Å². The predicted octanol–water partition coefficient (Wildman–Crippen LogP) is 2.68. The zero-order valence-corrected chi connectivity index (χ0v) is 11.2. The molecular weight excluding hydrogens is 254 g/mol. The molecule has 0 saturated heterocycles. The number of para-hydroxylation sites is 1. The maximum absolute atomic E-state index is 5.65. The van der Waals surface area contributed by atoms with Crippen LogP contribution in [0.3, 0.4) is 0 Å². The molecule has 0 fully saturated rings. The van der Waals surface area contributed by atoms with Crippen molar-refractivity contribution in [1.82, 2.24) is 5.48 Å². The van der Waals surface area contributed by atoms with Gasteiger partial charge in [0, 0.05) is 12.1 Å². The Morgan fingerprint density at radius 1 is 0.950 bits per heavy atom. The van der Waals surface area contributed by atoms with Crippen LogP contribution < -0.4 is 15.0 Å². The van der Waals surface area contributed by atoms with Gasteiger partial charge in [0.05, 0.1) is 6.61 Å². The van der Waals surface area contributed by atoms with Crippen molar-refractivity contribution in [1.29, 1.82) is 0 Å². The second-order valence-electron chi connectivity index (χ2n) is 4.54. The topological polar surface area (TPSA) is 39.7 Å². The fraction of sp³-hybridized carbons (Fsp3) is 0.250. The van der Waals surface area contributed by atoms with Gasteiger partial charge in [0.15, 0.2) is 11.5 Å². The molecule has 3 rings (SSSR count).